The fourth-order valence-electron chi connectivity index (χ4n) is 5.58. The highest BCUT2D eigenvalue weighted by atomic mass is 19.4. The van der Waals surface area contributed by atoms with Crippen LogP contribution in [-0.4, -0.2) is 53.4 Å². The Hall–Kier alpha value is -5.43. The van der Waals surface area contributed by atoms with Gasteiger partial charge in [0.25, 0.3) is 0 Å². The summed E-state index contributed by atoms with van der Waals surface area (Å²) in [5.74, 6) is -1.36. The van der Waals surface area contributed by atoms with E-state index in [0.29, 0.717) is 13.0 Å². The number of carbonyl (C=O) groups is 2. The summed E-state index contributed by atoms with van der Waals surface area (Å²) in [5, 5.41) is 22.1. The lowest BCUT2D eigenvalue weighted by atomic mass is 10.0. The molecule has 0 saturated heterocycles. The number of carbonyl (C=O) groups excluding carboxylic acids is 1. The molecule has 49 heavy (non-hydrogen) atoms. The Balaban J connectivity index is 0.000000606. The molecule has 6 N–H and O–H groups in total. The van der Waals surface area contributed by atoms with Crippen molar-refractivity contribution < 1.29 is 27.9 Å². The molecule has 0 aliphatic rings. The second kappa shape index (κ2) is 14.8. The average molecular weight is 674 g/mol. The Bertz CT molecular complexity index is 2020. The Kier molecular flexibility index (Phi) is 10.5. The zero-order chi connectivity index (χ0) is 35.2. The number of halogens is 3. The van der Waals surface area contributed by atoms with Crippen molar-refractivity contribution in [1.29, 1.82) is 0 Å². The number of aliphatic carboxylic acids is 1. The van der Waals surface area contributed by atoms with Crippen molar-refractivity contribution in [1.82, 2.24) is 30.0 Å². The van der Waals surface area contributed by atoms with Crippen LogP contribution < -0.4 is 11.1 Å². The van der Waals surface area contributed by atoms with Gasteiger partial charge in [0, 0.05) is 47.0 Å². The van der Waals surface area contributed by atoms with Crippen LogP contribution in [0.1, 0.15) is 54.6 Å². The summed E-state index contributed by atoms with van der Waals surface area (Å²) >= 11 is 0. The maximum atomic E-state index is 13.2. The molecule has 3 aromatic carbocycles. The zero-order valence-electron chi connectivity index (χ0n) is 27.1. The molecular weight excluding hydrogens is 635 g/mol. The number of alkyl halides is 3. The molecule has 0 aliphatic heterocycles. The monoisotopic (exact) mass is 673 g/mol. The number of aromatic nitrogens is 5. The van der Waals surface area contributed by atoms with Gasteiger partial charge in [0.1, 0.15) is 5.82 Å². The van der Waals surface area contributed by atoms with Gasteiger partial charge in [0.2, 0.25) is 5.91 Å². The first-order valence-electron chi connectivity index (χ1n) is 15.8. The molecule has 0 bridgehead atoms. The first kappa shape index (κ1) is 34.9. The van der Waals surface area contributed by atoms with E-state index >= 15 is 0 Å². The fourth-order valence-corrected chi connectivity index (χ4v) is 5.58. The van der Waals surface area contributed by atoms with Crippen LogP contribution in [0.25, 0.3) is 21.8 Å². The van der Waals surface area contributed by atoms with Crippen LogP contribution in [0.2, 0.25) is 0 Å². The molecular formula is C36H38F3N7O3. The minimum Gasteiger partial charge on any atom is -0.475 e. The molecule has 0 aliphatic carbocycles. The molecule has 0 radical (unpaired) electrons. The SMILES string of the molecule is CC(C)(N)C(=O)N[C@H](Cc1c[nH]c2ccccc12)c1nnc(CCCc2c[nH]c3ccccc23)n1Cc1ccccc1.O=C(O)C(F)(F)F. The standard InChI is InChI=1S/C34H37N7O.C2HF3O2/c1-34(2,35)33(42)38-30(19-25-21-37-29-17-9-7-15-27(25)29)32-40-39-31(41(32)22-23-11-4-3-5-12-23)18-10-13-24-20-36-28-16-8-6-14-26(24)28;3-2(4,5)1(6)7/h3-9,11-12,14-17,20-21,30,36-37H,10,13,18-19,22,35H2,1-2H3,(H,38,42);(H,6,7)/t30-;/m1./s1. The number of benzene rings is 3. The number of carboxylic acids is 1. The third-order valence-electron chi connectivity index (χ3n) is 8.10. The van der Waals surface area contributed by atoms with E-state index in [9.17, 15) is 18.0 Å². The minimum atomic E-state index is -5.08. The lowest BCUT2D eigenvalue weighted by Gasteiger charge is -2.25. The number of hydrogen-bond donors (Lipinski definition) is 5. The number of nitrogens with one attached hydrogen (secondary N) is 3. The number of carboxylic acid groups (broad SMARTS) is 1. The largest absolute Gasteiger partial charge is 0.490 e. The van der Waals surface area contributed by atoms with Crippen LogP contribution >= 0.6 is 0 Å². The molecule has 256 valence electrons. The van der Waals surface area contributed by atoms with Gasteiger partial charge in [-0.1, -0.05) is 66.7 Å². The van der Waals surface area contributed by atoms with Crippen LogP contribution in [-0.2, 0) is 35.4 Å². The number of aromatic amines is 2. The van der Waals surface area contributed by atoms with Crippen LogP contribution in [0, 0.1) is 0 Å². The molecule has 0 spiro atoms. The first-order chi connectivity index (χ1) is 23.3. The van der Waals surface area contributed by atoms with Gasteiger partial charge in [-0.2, -0.15) is 13.2 Å². The van der Waals surface area contributed by atoms with E-state index in [0.717, 1.165) is 58.5 Å². The van der Waals surface area contributed by atoms with Gasteiger partial charge in [-0.25, -0.2) is 4.79 Å². The molecule has 10 nitrogen and oxygen atoms in total. The topological polar surface area (TPSA) is 155 Å². The molecule has 0 saturated carbocycles. The van der Waals surface area contributed by atoms with Crippen LogP contribution in [0.15, 0.2) is 91.3 Å². The Morgan fingerprint density at radius 1 is 0.857 bits per heavy atom. The molecule has 0 fully saturated rings. The van der Waals surface area contributed by atoms with Crippen molar-refractivity contribution in [2.24, 2.45) is 5.73 Å². The molecule has 6 aromatic rings. The lowest BCUT2D eigenvalue weighted by molar-refractivity contribution is -0.192. The summed E-state index contributed by atoms with van der Waals surface area (Å²) in [5.41, 5.74) is 10.9. The highest BCUT2D eigenvalue weighted by Gasteiger charge is 2.38. The van der Waals surface area contributed by atoms with E-state index in [1.807, 2.05) is 42.6 Å². The highest BCUT2D eigenvalue weighted by molar-refractivity contribution is 5.86. The van der Waals surface area contributed by atoms with Gasteiger partial charge < -0.3 is 30.7 Å². The van der Waals surface area contributed by atoms with Crippen molar-refractivity contribution in [3.63, 3.8) is 0 Å². The van der Waals surface area contributed by atoms with Crippen molar-refractivity contribution >= 4 is 33.7 Å². The summed E-state index contributed by atoms with van der Waals surface area (Å²) in [6, 6.07) is 26.5. The Labute approximate surface area is 280 Å². The van der Waals surface area contributed by atoms with E-state index < -0.39 is 23.7 Å². The summed E-state index contributed by atoms with van der Waals surface area (Å²) in [7, 11) is 0. The molecule has 3 heterocycles. The summed E-state index contributed by atoms with van der Waals surface area (Å²) in [4.78, 5) is 28.9. The first-order valence-corrected chi connectivity index (χ1v) is 15.8. The van der Waals surface area contributed by atoms with E-state index in [2.05, 4.69) is 68.5 Å². The predicted molar refractivity (Wildman–Crippen MR) is 181 cm³/mol. The number of amides is 1. The van der Waals surface area contributed by atoms with Crippen molar-refractivity contribution in [3.8, 4) is 0 Å². The molecule has 0 unspecified atom stereocenters. The van der Waals surface area contributed by atoms with Gasteiger partial charge in [-0.3, -0.25) is 4.79 Å². The smallest absolute Gasteiger partial charge is 0.475 e. The summed E-state index contributed by atoms with van der Waals surface area (Å²) in [6.45, 7) is 4.05. The maximum Gasteiger partial charge on any atom is 0.490 e. The second-order valence-corrected chi connectivity index (χ2v) is 12.4. The number of hydrogen-bond acceptors (Lipinski definition) is 5. The van der Waals surface area contributed by atoms with E-state index in [1.165, 1.54) is 10.9 Å². The lowest BCUT2D eigenvalue weighted by Crippen LogP contribution is -2.50. The molecule has 13 heteroatoms. The quantitative estimate of drug-likeness (QED) is 0.110. The van der Waals surface area contributed by atoms with Crippen molar-refractivity contribution in [3.05, 3.63) is 120 Å². The number of aryl methyl sites for hydroxylation is 2. The number of para-hydroxylation sites is 2. The van der Waals surface area contributed by atoms with Gasteiger partial charge in [-0.15, -0.1) is 10.2 Å². The van der Waals surface area contributed by atoms with Crippen molar-refractivity contribution in [2.75, 3.05) is 0 Å². The average Bonchev–Trinajstić information content (AvgIpc) is 3.78. The molecule has 1 atom stereocenters. The van der Waals surface area contributed by atoms with Crippen LogP contribution in [0.4, 0.5) is 13.2 Å². The fraction of sp³-hybridized carbons (Fsp3) is 0.278. The Morgan fingerprint density at radius 3 is 2.00 bits per heavy atom. The highest BCUT2D eigenvalue weighted by Crippen LogP contribution is 2.26. The van der Waals surface area contributed by atoms with Gasteiger partial charge in [0.15, 0.2) is 5.82 Å². The zero-order valence-corrected chi connectivity index (χ0v) is 27.1. The Morgan fingerprint density at radius 2 is 1.41 bits per heavy atom. The maximum absolute atomic E-state index is 13.2. The number of H-pyrrole nitrogens is 2. The van der Waals surface area contributed by atoms with E-state index in [1.54, 1.807) is 13.8 Å². The second-order valence-electron chi connectivity index (χ2n) is 12.4. The van der Waals surface area contributed by atoms with E-state index in [4.69, 9.17) is 25.8 Å². The molecule has 6 rings (SSSR count). The van der Waals surface area contributed by atoms with Gasteiger partial charge in [-0.05, 0) is 55.5 Å². The normalized spacial score (nSPS) is 12.4. The van der Waals surface area contributed by atoms with E-state index in [-0.39, 0.29) is 5.91 Å². The van der Waals surface area contributed by atoms with Gasteiger partial charge in [0.05, 0.1) is 18.1 Å². The van der Waals surface area contributed by atoms with Crippen LogP contribution in [0.5, 0.6) is 0 Å². The van der Waals surface area contributed by atoms with Gasteiger partial charge >= 0.3 is 12.1 Å². The van der Waals surface area contributed by atoms with Crippen LogP contribution in [0.3, 0.4) is 0 Å². The molecule has 1 amide bonds. The third kappa shape index (κ3) is 8.73. The summed E-state index contributed by atoms with van der Waals surface area (Å²) in [6.07, 6.45) is 2.19. The number of nitrogens with two attached hydrogens (primary N) is 1. The summed E-state index contributed by atoms with van der Waals surface area (Å²) < 4.78 is 33.9. The number of fused-ring (bicyclic) bond motifs is 2. The number of rotatable bonds is 11. The number of nitrogens with zero attached hydrogens (tertiary/aromatic N) is 3. The minimum absolute atomic E-state index is 0.234. The van der Waals surface area contributed by atoms with Crippen molar-refractivity contribution in [2.45, 2.75) is 63.8 Å². The third-order valence-corrected chi connectivity index (χ3v) is 8.10. The predicted octanol–water partition coefficient (Wildman–Crippen LogP) is 6.23. The molecule has 3 aromatic heterocycles.